The van der Waals surface area contributed by atoms with Crippen molar-refractivity contribution in [2.45, 2.75) is 32.6 Å². The van der Waals surface area contributed by atoms with Crippen molar-refractivity contribution in [3.8, 4) is 5.75 Å². The van der Waals surface area contributed by atoms with Crippen molar-refractivity contribution < 1.29 is 18.7 Å². The number of hydrogen-bond donors (Lipinski definition) is 1. The number of hydrogen-bond acceptors (Lipinski definition) is 2. The summed E-state index contributed by atoms with van der Waals surface area (Å²) in [7, 11) is 0. The molecule has 1 saturated heterocycles. The van der Waals surface area contributed by atoms with E-state index in [0.29, 0.717) is 36.2 Å². The van der Waals surface area contributed by atoms with Crippen LogP contribution in [0.15, 0.2) is 36.4 Å². The van der Waals surface area contributed by atoms with Gasteiger partial charge in [-0.15, -0.1) is 0 Å². The number of halogens is 2. The van der Waals surface area contributed by atoms with E-state index in [1.54, 1.807) is 25.1 Å². The quantitative estimate of drug-likeness (QED) is 0.875. The molecule has 3 nitrogen and oxygen atoms in total. The van der Waals surface area contributed by atoms with E-state index in [-0.39, 0.29) is 17.6 Å². The molecule has 0 spiro atoms. The lowest BCUT2D eigenvalue weighted by Gasteiger charge is -2.33. The van der Waals surface area contributed by atoms with Crippen molar-refractivity contribution in [3.05, 3.63) is 64.7 Å². The summed E-state index contributed by atoms with van der Waals surface area (Å²) in [6.07, 6.45) is 3.18. The van der Waals surface area contributed by atoms with Crippen LogP contribution in [0.3, 0.4) is 0 Å². The zero-order chi connectivity index (χ0) is 18.7. The molecule has 2 aromatic carbocycles. The Morgan fingerprint density at radius 2 is 2.08 bits per heavy atom. The van der Waals surface area contributed by atoms with Gasteiger partial charge in [-0.05, 0) is 62.3 Å². The summed E-state index contributed by atoms with van der Waals surface area (Å²) in [6, 6.07) is 8.66. The van der Waals surface area contributed by atoms with Gasteiger partial charge >= 0.3 is 0 Å². The third kappa shape index (κ3) is 4.03. The van der Waals surface area contributed by atoms with Crippen molar-refractivity contribution in [1.29, 1.82) is 0 Å². The first-order valence-electron chi connectivity index (χ1n) is 8.97. The number of likely N-dealkylation sites (tertiary alicyclic amines) is 1. The third-order valence-corrected chi connectivity index (χ3v) is 5.18. The van der Waals surface area contributed by atoms with E-state index in [9.17, 15) is 18.7 Å². The van der Waals surface area contributed by atoms with Crippen LogP contribution in [-0.2, 0) is 6.42 Å². The molecule has 5 heteroatoms. The molecule has 0 unspecified atom stereocenters. The number of rotatable bonds is 4. The maximum atomic E-state index is 13.8. The lowest BCUT2D eigenvalue weighted by Crippen LogP contribution is -2.40. The number of amides is 1. The number of carbonyl (C=O) groups is 1. The Hall–Kier alpha value is -2.43. The van der Waals surface area contributed by atoms with Crippen LogP contribution in [0, 0.1) is 24.5 Å². The monoisotopic (exact) mass is 359 g/mol. The van der Waals surface area contributed by atoms with E-state index in [1.807, 2.05) is 4.90 Å². The zero-order valence-electron chi connectivity index (χ0n) is 14.8. The van der Waals surface area contributed by atoms with Crippen LogP contribution in [0.25, 0.3) is 0 Å². The number of piperidine rings is 1. The first-order valence-corrected chi connectivity index (χ1v) is 8.97. The minimum absolute atomic E-state index is 0.0731. The van der Waals surface area contributed by atoms with E-state index < -0.39 is 11.6 Å². The van der Waals surface area contributed by atoms with Gasteiger partial charge in [0.15, 0.2) is 0 Å². The molecule has 1 atom stereocenters. The van der Waals surface area contributed by atoms with Gasteiger partial charge in [-0.3, -0.25) is 4.79 Å². The molecule has 1 heterocycles. The number of benzene rings is 2. The molecule has 0 saturated carbocycles. The lowest BCUT2D eigenvalue weighted by atomic mass is 9.91. The molecule has 0 aromatic heterocycles. The minimum Gasteiger partial charge on any atom is -0.508 e. The van der Waals surface area contributed by atoms with Crippen LogP contribution in [-0.4, -0.2) is 29.0 Å². The predicted molar refractivity (Wildman–Crippen MR) is 96.2 cm³/mol. The highest BCUT2D eigenvalue weighted by molar-refractivity contribution is 5.96. The summed E-state index contributed by atoms with van der Waals surface area (Å²) in [6.45, 7) is 3.05. The van der Waals surface area contributed by atoms with Gasteiger partial charge in [-0.1, -0.05) is 12.1 Å². The Morgan fingerprint density at radius 1 is 1.27 bits per heavy atom. The first-order chi connectivity index (χ1) is 12.5. The third-order valence-electron chi connectivity index (χ3n) is 5.18. The maximum absolute atomic E-state index is 13.8. The van der Waals surface area contributed by atoms with E-state index in [2.05, 4.69) is 0 Å². The highest BCUT2D eigenvalue weighted by Crippen LogP contribution is 2.26. The number of carbonyl (C=O) groups excluding carboxylic acids is 1. The summed E-state index contributed by atoms with van der Waals surface area (Å²) < 4.78 is 26.8. The minimum atomic E-state index is -0.567. The smallest absolute Gasteiger partial charge is 0.254 e. The van der Waals surface area contributed by atoms with Crippen molar-refractivity contribution >= 4 is 5.91 Å². The Kier molecular flexibility index (Phi) is 5.55. The molecule has 1 aliphatic rings. The van der Waals surface area contributed by atoms with E-state index in [4.69, 9.17) is 0 Å². The van der Waals surface area contributed by atoms with Gasteiger partial charge in [0.05, 0.1) is 0 Å². The lowest BCUT2D eigenvalue weighted by molar-refractivity contribution is 0.0667. The second-order valence-electron chi connectivity index (χ2n) is 6.98. The highest BCUT2D eigenvalue weighted by Gasteiger charge is 2.25. The topological polar surface area (TPSA) is 40.5 Å². The summed E-state index contributed by atoms with van der Waals surface area (Å²) >= 11 is 0. The van der Waals surface area contributed by atoms with Crippen molar-refractivity contribution in [3.63, 3.8) is 0 Å². The van der Waals surface area contributed by atoms with E-state index >= 15 is 0 Å². The molecular formula is C21H23F2NO2. The number of phenols is 1. The Bertz CT molecular complexity index is 807. The van der Waals surface area contributed by atoms with Gasteiger partial charge in [-0.2, -0.15) is 0 Å². The fourth-order valence-electron chi connectivity index (χ4n) is 3.59. The van der Waals surface area contributed by atoms with Crippen molar-refractivity contribution in [1.82, 2.24) is 4.90 Å². The van der Waals surface area contributed by atoms with Crippen molar-refractivity contribution in [2.24, 2.45) is 5.92 Å². The van der Waals surface area contributed by atoms with E-state index in [1.165, 1.54) is 12.1 Å². The summed E-state index contributed by atoms with van der Waals surface area (Å²) in [5.41, 5.74) is 1.63. The largest absolute Gasteiger partial charge is 0.508 e. The van der Waals surface area contributed by atoms with Crippen LogP contribution < -0.4 is 0 Å². The molecular weight excluding hydrogens is 336 g/mol. The fourth-order valence-corrected chi connectivity index (χ4v) is 3.59. The number of phenolic OH excluding ortho intramolecular Hbond substituents is 1. The molecule has 1 amide bonds. The summed E-state index contributed by atoms with van der Waals surface area (Å²) in [4.78, 5) is 14.6. The molecule has 0 aliphatic carbocycles. The van der Waals surface area contributed by atoms with Gasteiger partial charge in [0, 0.05) is 30.3 Å². The fraction of sp³-hybridized carbons (Fsp3) is 0.381. The predicted octanol–water partition coefficient (Wildman–Crippen LogP) is 4.46. The zero-order valence-corrected chi connectivity index (χ0v) is 14.8. The van der Waals surface area contributed by atoms with Gasteiger partial charge in [0.1, 0.15) is 17.4 Å². The molecule has 0 bridgehead atoms. The summed E-state index contributed by atoms with van der Waals surface area (Å²) in [5.74, 6) is -0.742. The van der Waals surface area contributed by atoms with Crippen molar-refractivity contribution in [2.75, 3.05) is 13.1 Å². The van der Waals surface area contributed by atoms with E-state index in [0.717, 1.165) is 25.3 Å². The highest BCUT2D eigenvalue weighted by atomic mass is 19.1. The molecule has 3 rings (SSSR count). The van der Waals surface area contributed by atoms with Crippen LogP contribution in [0.2, 0.25) is 0 Å². The number of nitrogens with zero attached hydrogens (tertiary/aromatic N) is 1. The summed E-state index contributed by atoms with van der Waals surface area (Å²) in [5, 5.41) is 9.82. The molecule has 1 aliphatic heterocycles. The second-order valence-corrected chi connectivity index (χ2v) is 6.98. The standard InChI is InChI=1S/C21H23F2NO2/c1-14-18(5-2-6-20(14)25)21(26)24-11-3-4-15(13-24)7-8-16-9-10-17(22)12-19(16)23/h2,5-6,9-10,12,15,25H,3-4,7-8,11,13H2,1H3/t15-/m1/s1. The van der Waals surface area contributed by atoms with Crippen LogP contribution in [0.5, 0.6) is 5.75 Å². The normalized spacial score (nSPS) is 17.3. The van der Waals surface area contributed by atoms with Crippen LogP contribution >= 0.6 is 0 Å². The Morgan fingerprint density at radius 3 is 2.85 bits per heavy atom. The average Bonchev–Trinajstić information content (AvgIpc) is 2.63. The second kappa shape index (κ2) is 7.85. The van der Waals surface area contributed by atoms with Crippen LogP contribution in [0.4, 0.5) is 8.78 Å². The maximum Gasteiger partial charge on any atom is 0.254 e. The Balaban J connectivity index is 1.63. The molecule has 138 valence electrons. The van der Waals surface area contributed by atoms with Crippen LogP contribution in [0.1, 0.15) is 40.7 Å². The van der Waals surface area contributed by atoms with Gasteiger partial charge in [0.25, 0.3) is 5.91 Å². The molecule has 26 heavy (non-hydrogen) atoms. The molecule has 0 radical (unpaired) electrons. The van der Waals surface area contributed by atoms with Gasteiger partial charge < -0.3 is 10.0 Å². The van der Waals surface area contributed by atoms with Gasteiger partial charge in [0.2, 0.25) is 0 Å². The molecule has 1 N–H and O–H groups in total. The molecule has 2 aromatic rings. The SMILES string of the molecule is Cc1c(O)cccc1C(=O)N1CCC[C@H](CCc2ccc(F)cc2F)C1. The first kappa shape index (κ1) is 18.4. The number of aryl methyl sites for hydroxylation is 1. The molecule has 1 fully saturated rings. The Labute approximate surface area is 152 Å². The average molecular weight is 359 g/mol. The number of aromatic hydroxyl groups is 1. The van der Waals surface area contributed by atoms with Gasteiger partial charge in [-0.25, -0.2) is 8.78 Å².